The number of carbonyl (C=O) groups excluding carboxylic acids is 6. The Morgan fingerprint density at radius 1 is 0.346 bits per heavy atom. The van der Waals surface area contributed by atoms with Gasteiger partial charge in [0, 0.05) is 125 Å². The molecule has 6 amide bonds. The molecule has 0 saturated heterocycles. The SMILES string of the molecule is CCC(=O)N(CCSCCC(=O)NCCCNCCCCNCCCN)CC(CN(CCSCCC(=O)NCCCNCCCCNCCCN)C(=O)CC)N(CCSCCC(=O)NCCCNCCCCNCCCN)C(=O)CC. The van der Waals surface area contributed by atoms with Crippen molar-refractivity contribution in [1.82, 2.24) is 62.6 Å². The van der Waals surface area contributed by atoms with Crippen molar-refractivity contribution >= 4 is 70.7 Å². The average Bonchev–Trinajstić information content (AvgIpc) is 3.48. The van der Waals surface area contributed by atoms with Gasteiger partial charge in [-0.3, -0.25) is 28.8 Å². The van der Waals surface area contributed by atoms with Crippen molar-refractivity contribution in [2.24, 2.45) is 17.2 Å². The third-order valence-electron chi connectivity index (χ3n) is 13.2. The summed E-state index contributed by atoms with van der Waals surface area (Å²) in [6.45, 7) is 22.6. The van der Waals surface area contributed by atoms with E-state index in [1.165, 1.54) is 0 Å². The average molecular weight is 1210 g/mol. The maximum atomic E-state index is 13.9. The summed E-state index contributed by atoms with van der Waals surface area (Å²) in [5, 5.41) is 29.6. The molecule has 0 aromatic heterocycles. The fourth-order valence-electron chi connectivity index (χ4n) is 8.39. The van der Waals surface area contributed by atoms with Crippen molar-refractivity contribution in [2.45, 2.75) is 142 Å². The second-order valence-electron chi connectivity index (χ2n) is 20.2. The highest BCUT2D eigenvalue weighted by atomic mass is 32.2. The molecule has 0 rings (SSSR count). The zero-order valence-corrected chi connectivity index (χ0v) is 53.5. The highest BCUT2D eigenvalue weighted by Crippen LogP contribution is 2.15. The van der Waals surface area contributed by atoms with Crippen LogP contribution in [0.25, 0.3) is 0 Å². The predicted molar refractivity (Wildman–Crippen MR) is 344 cm³/mol. The molecule has 0 aromatic carbocycles. The first kappa shape index (κ1) is 78.5. The second-order valence-corrected chi connectivity index (χ2v) is 23.9. The fourth-order valence-corrected chi connectivity index (χ4v) is 11.0. The van der Waals surface area contributed by atoms with Gasteiger partial charge in [-0.25, -0.2) is 0 Å². The number of nitrogens with zero attached hydrogens (tertiary/aromatic N) is 3. The molecule has 0 heterocycles. The number of nitrogens with one attached hydrogen (secondary N) is 9. The Labute approximate surface area is 504 Å². The maximum absolute atomic E-state index is 13.9. The zero-order chi connectivity index (χ0) is 59.5. The maximum Gasteiger partial charge on any atom is 0.222 e. The molecule has 0 aromatic rings. The summed E-state index contributed by atoms with van der Waals surface area (Å²) in [6.07, 6.45) is 14.2. The number of nitrogens with two attached hydrogens (primary N) is 3. The first-order valence-electron chi connectivity index (χ1n) is 31.3. The van der Waals surface area contributed by atoms with Gasteiger partial charge in [0.2, 0.25) is 35.4 Å². The Morgan fingerprint density at radius 3 is 0.901 bits per heavy atom. The van der Waals surface area contributed by atoms with Crippen LogP contribution in [0.4, 0.5) is 0 Å². The lowest BCUT2D eigenvalue weighted by Gasteiger charge is -2.38. The van der Waals surface area contributed by atoms with Crippen molar-refractivity contribution in [2.75, 3.05) is 185 Å². The Kier molecular flexibility index (Phi) is 58.8. The van der Waals surface area contributed by atoms with Crippen LogP contribution < -0.4 is 65.1 Å². The molecule has 0 unspecified atom stereocenters. The van der Waals surface area contributed by atoms with Gasteiger partial charge < -0.3 is 79.8 Å². The number of thioether (sulfide) groups is 3. The van der Waals surface area contributed by atoms with Crippen LogP contribution in [0.15, 0.2) is 0 Å². The topological polar surface area (TPSA) is 298 Å². The molecular weight excluding hydrogens is 1090 g/mol. The second kappa shape index (κ2) is 60.6. The largest absolute Gasteiger partial charge is 0.356 e. The first-order chi connectivity index (χ1) is 39.6. The van der Waals surface area contributed by atoms with Crippen LogP contribution in [-0.4, -0.2) is 241 Å². The molecule has 0 aliphatic rings. The van der Waals surface area contributed by atoms with E-state index in [-0.39, 0.29) is 55.0 Å². The molecule has 0 bridgehead atoms. The Hall–Kier alpha value is -2.49. The smallest absolute Gasteiger partial charge is 0.222 e. The van der Waals surface area contributed by atoms with Crippen LogP contribution in [0.2, 0.25) is 0 Å². The van der Waals surface area contributed by atoms with Gasteiger partial charge in [-0.15, -0.1) is 0 Å². The van der Waals surface area contributed by atoms with Crippen LogP contribution in [0, 0.1) is 0 Å². The van der Waals surface area contributed by atoms with E-state index in [4.69, 9.17) is 17.2 Å². The van der Waals surface area contributed by atoms with Crippen molar-refractivity contribution < 1.29 is 28.8 Å². The lowest BCUT2D eigenvalue weighted by Crippen LogP contribution is -2.55. The molecule has 21 nitrogen and oxygen atoms in total. The third kappa shape index (κ3) is 50.5. The zero-order valence-electron chi connectivity index (χ0n) is 51.1. The van der Waals surface area contributed by atoms with Crippen LogP contribution in [0.5, 0.6) is 0 Å². The summed E-state index contributed by atoms with van der Waals surface area (Å²) in [6, 6.07) is -0.471. The molecule has 24 heteroatoms. The molecule has 0 aliphatic heterocycles. The van der Waals surface area contributed by atoms with E-state index in [1.54, 1.807) is 35.3 Å². The third-order valence-corrected chi connectivity index (χ3v) is 16.1. The summed E-state index contributed by atoms with van der Waals surface area (Å²) in [4.78, 5) is 84.8. The summed E-state index contributed by atoms with van der Waals surface area (Å²) in [7, 11) is 0. The molecule has 0 fully saturated rings. The number of rotatable bonds is 62. The van der Waals surface area contributed by atoms with Crippen LogP contribution >= 0.6 is 35.3 Å². The van der Waals surface area contributed by atoms with E-state index in [0.717, 1.165) is 156 Å². The van der Waals surface area contributed by atoms with Crippen molar-refractivity contribution in [3.05, 3.63) is 0 Å². The molecule has 0 radical (unpaired) electrons. The van der Waals surface area contributed by atoms with Crippen LogP contribution in [-0.2, 0) is 28.8 Å². The highest BCUT2D eigenvalue weighted by Gasteiger charge is 2.29. The van der Waals surface area contributed by atoms with Crippen LogP contribution in [0.1, 0.15) is 136 Å². The van der Waals surface area contributed by atoms with Crippen molar-refractivity contribution in [3.8, 4) is 0 Å². The van der Waals surface area contributed by atoms with Gasteiger partial charge in [0.15, 0.2) is 0 Å². The first-order valence-corrected chi connectivity index (χ1v) is 34.8. The summed E-state index contributed by atoms with van der Waals surface area (Å²) in [5.74, 6) is 3.57. The van der Waals surface area contributed by atoms with E-state index in [1.807, 2.05) is 35.5 Å². The quantitative estimate of drug-likeness (QED) is 0.0387. The van der Waals surface area contributed by atoms with Gasteiger partial charge in [0.05, 0.1) is 6.04 Å². The summed E-state index contributed by atoms with van der Waals surface area (Å²) in [5.41, 5.74) is 16.6. The Balaban J connectivity index is 5.43. The lowest BCUT2D eigenvalue weighted by atomic mass is 10.1. The monoisotopic (exact) mass is 1210 g/mol. The van der Waals surface area contributed by atoms with Gasteiger partial charge in [-0.05, 0) is 175 Å². The number of carbonyl (C=O) groups is 6. The Morgan fingerprint density at radius 2 is 0.617 bits per heavy atom. The predicted octanol–water partition coefficient (Wildman–Crippen LogP) is 1.88. The van der Waals surface area contributed by atoms with E-state index in [9.17, 15) is 28.8 Å². The molecule has 0 aliphatic carbocycles. The number of unbranched alkanes of at least 4 members (excludes halogenated alkanes) is 3. The fraction of sp³-hybridized carbons (Fsp3) is 0.895. The molecule has 476 valence electrons. The highest BCUT2D eigenvalue weighted by molar-refractivity contribution is 7.99. The summed E-state index contributed by atoms with van der Waals surface area (Å²) >= 11 is 4.87. The molecular formula is C57H119N15O6S3. The van der Waals surface area contributed by atoms with Gasteiger partial charge in [-0.1, -0.05) is 20.8 Å². The minimum atomic E-state index is -0.471. The van der Waals surface area contributed by atoms with E-state index in [2.05, 4.69) is 47.9 Å². The minimum Gasteiger partial charge on any atom is -0.356 e. The molecule has 15 N–H and O–H groups in total. The van der Waals surface area contributed by atoms with Crippen LogP contribution in [0.3, 0.4) is 0 Å². The molecule has 0 saturated carbocycles. The van der Waals surface area contributed by atoms with E-state index >= 15 is 0 Å². The number of hydrogen-bond acceptors (Lipinski definition) is 18. The molecule has 0 atom stereocenters. The lowest BCUT2D eigenvalue weighted by molar-refractivity contribution is -0.139. The Bertz CT molecular complexity index is 1450. The standard InChI is InChI=1S/C57H119N15O6S3/c1-4-55(76)70(40-46-79-43-19-52(73)67-37-16-34-64-28-10-7-25-61-31-13-22-58)49-51(72(57(78)6-3)42-48-81-45-21-54(75)69-39-18-36-66-30-12-9-27-63-33-15-24-60)50-71(56(77)5-2)41-47-80-44-20-53(74)68-38-17-35-65-29-11-8-26-62-32-14-23-59/h51,61-66H,4-50,58-60H2,1-3H3,(H,67,73)(H,68,74)(H,69,75). The van der Waals surface area contributed by atoms with Crippen molar-refractivity contribution in [3.63, 3.8) is 0 Å². The van der Waals surface area contributed by atoms with Gasteiger partial charge >= 0.3 is 0 Å². The summed E-state index contributed by atoms with van der Waals surface area (Å²) < 4.78 is 0. The van der Waals surface area contributed by atoms with E-state index in [0.29, 0.717) is 126 Å². The van der Waals surface area contributed by atoms with Gasteiger partial charge in [0.25, 0.3) is 0 Å². The number of hydrogen-bond donors (Lipinski definition) is 12. The van der Waals surface area contributed by atoms with E-state index < -0.39 is 6.04 Å². The van der Waals surface area contributed by atoms with Gasteiger partial charge in [-0.2, -0.15) is 35.3 Å². The molecule has 81 heavy (non-hydrogen) atoms. The minimum absolute atomic E-state index is 0.00568. The van der Waals surface area contributed by atoms with Crippen molar-refractivity contribution in [1.29, 1.82) is 0 Å². The number of amides is 6. The normalized spacial score (nSPS) is 11.3. The van der Waals surface area contributed by atoms with Gasteiger partial charge in [0.1, 0.15) is 0 Å². The molecule has 0 spiro atoms.